The lowest BCUT2D eigenvalue weighted by Crippen LogP contribution is -2.39. The van der Waals surface area contributed by atoms with Crippen molar-refractivity contribution in [3.8, 4) is 5.75 Å². The highest BCUT2D eigenvalue weighted by Gasteiger charge is 2.11. The second kappa shape index (κ2) is 8.09. The van der Waals surface area contributed by atoms with Crippen molar-refractivity contribution in [1.82, 2.24) is 5.32 Å². The Bertz CT molecular complexity index is 288. The molecule has 0 aliphatic heterocycles. The number of rotatable bonds is 8. The van der Waals surface area contributed by atoms with Gasteiger partial charge in [0.15, 0.2) is 0 Å². The van der Waals surface area contributed by atoms with Crippen LogP contribution in [0.3, 0.4) is 0 Å². The van der Waals surface area contributed by atoms with Crippen molar-refractivity contribution < 1.29 is 9.47 Å². The molecule has 0 heterocycles. The van der Waals surface area contributed by atoms with Crippen molar-refractivity contribution in [3.63, 3.8) is 0 Å². The van der Waals surface area contributed by atoms with Crippen LogP contribution in [0.5, 0.6) is 5.75 Å². The molecule has 1 N–H and O–H groups in total. The third-order valence-electron chi connectivity index (χ3n) is 2.67. The first-order chi connectivity index (χ1) is 8.24. The Labute approximate surface area is 104 Å². The molecule has 17 heavy (non-hydrogen) atoms. The molecule has 0 spiro atoms. The second-order valence-corrected chi connectivity index (χ2v) is 4.42. The summed E-state index contributed by atoms with van der Waals surface area (Å²) in [5.41, 5.74) is 0. The summed E-state index contributed by atoms with van der Waals surface area (Å²) in [6.45, 7) is 6.63. The maximum absolute atomic E-state index is 5.61. The summed E-state index contributed by atoms with van der Waals surface area (Å²) in [5.74, 6) is 1.48. The van der Waals surface area contributed by atoms with Gasteiger partial charge in [-0.25, -0.2) is 0 Å². The van der Waals surface area contributed by atoms with Crippen LogP contribution in [0.1, 0.15) is 13.8 Å². The van der Waals surface area contributed by atoms with Crippen molar-refractivity contribution in [2.45, 2.75) is 19.9 Å². The monoisotopic (exact) mass is 237 g/mol. The number of hydrogen-bond acceptors (Lipinski definition) is 3. The fraction of sp³-hybridized carbons (Fsp3) is 0.571. The van der Waals surface area contributed by atoms with E-state index in [4.69, 9.17) is 9.47 Å². The first-order valence-electron chi connectivity index (χ1n) is 6.14. The van der Waals surface area contributed by atoms with Gasteiger partial charge in [0, 0.05) is 19.7 Å². The van der Waals surface area contributed by atoms with E-state index >= 15 is 0 Å². The van der Waals surface area contributed by atoms with Crippen LogP contribution in [0.2, 0.25) is 0 Å². The topological polar surface area (TPSA) is 30.5 Å². The standard InChI is InChI=1S/C14H23NO2/c1-12(2)14(11-16-3)15-9-10-17-13-7-5-4-6-8-13/h4-8,12,14-15H,9-11H2,1-3H3. The molecule has 1 aromatic rings. The van der Waals surface area contributed by atoms with Gasteiger partial charge in [-0.3, -0.25) is 0 Å². The molecule has 3 heteroatoms. The van der Waals surface area contributed by atoms with Crippen molar-refractivity contribution >= 4 is 0 Å². The minimum absolute atomic E-state index is 0.388. The number of ether oxygens (including phenoxy) is 2. The number of nitrogens with one attached hydrogen (secondary N) is 1. The Balaban J connectivity index is 2.18. The van der Waals surface area contributed by atoms with E-state index in [1.165, 1.54) is 0 Å². The average molecular weight is 237 g/mol. The van der Waals surface area contributed by atoms with Crippen LogP contribution in [0.4, 0.5) is 0 Å². The molecule has 3 nitrogen and oxygen atoms in total. The molecule has 0 amide bonds. The Morgan fingerprint density at radius 2 is 1.88 bits per heavy atom. The number of methoxy groups -OCH3 is 1. The summed E-state index contributed by atoms with van der Waals surface area (Å²) in [5, 5.41) is 3.44. The third kappa shape index (κ3) is 5.71. The van der Waals surface area contributed by atoms with Gasteiger partial charge in [-0.15, -0.1) is 0 Å². The normalized spacial score (nSPS) is 12.7. The third-order valence-corrected chi connectivity index (χ3v) is 2.67. The zero-order chi connectivity index (χ0) is 12.5. The molecule has 96 valence electrons. The average Bonchev–Trinajstić information content (AvgIpc) is 2.34. The quantitative estimate of drug-likeness (QED) is 0.704. The Morgan fingerprint density at radius 3 is 2.47 bits per heavy atom. The molecule has 0 aromatic heterocycles. The molecule has 1 aromatic carbocycles. The lowest BCUT2D eigenvalue weighted by atomic mass is 10.1. The van der Waals surface area contributed by atoms with E-state index in [1.54, 1.807) is 7.11 Å². The van der Waals surface area contributed by atoms with Crippen LogP contribution in [0.25, 0.3) is 0 Å². The zero-order valence-corrected chi connectivity index (χ0v) is 11.0. The molecular formula is C14H23NO2. The summed E-state index contributed by atoms with van der Waals surface area (Å²) < 4.78 is 10.8. The van der Waals surface area contributed by atoms with Gasteiger partial charge < -0.3 is 14.8 Å². The van der Waals surface area contributed by atoms with Crippen LogP contribution in [-0.2, 0) is 4.74 Å². The van der Waals surface area contributed by atoms with Gasteiger partial charge >= 0.3 is 0 Å². The SMILES string of the molecule is COCC(NCCOc1ccccc1)C(C)C. The van der Waals surface area contributed by atoms with Crippen LogP contribution in [0.15, 0.2) is 30.3 Å². The molecule has 0 saturated carbocycles. The second-order valence-electron chi connectivity index (χ2n) is 4.42. The van der Waals surface area contributed by atoms with Crippen molar-refractivity contribution in [3.05, 3.63) is 30.3 Å². The molecule has 0 fully saturated rings. The summed E-state index contributed by atoms with van der Waals surface area (Å²) in [7, 11) is 1.73. The van der Waals surface area contributed by atoms with E-state index in [-0.39, 0.29) is 0 Å². The first kappa shape index (κ1) is 14.0. The minimum atomic E-state index is 0.388. The molecule has 0 radical (unpaired) electrons. The Morgan fingerprint density at radius 1 is 1.18 bits per heavy atom. The number of benzene rings is 1. The number of hydrogen-bond donors (Lipinski definition) is 1. The molecular weight excluding hydrogens is 214 g/mol. The van der Waals surface area contributed by atoms with Gasteiger partial charge in [-0.1, -0.05) is 32.0 Å². The zero-order valence-electron chi connectivity index (χ0n) is 11.0. The van der Waals surface area contributed by atoms with Gasteiger partial charge in [0.1, 0.15) is 12.4 Å². The van der Waals surface area contributed by atoms with Crippen molar-refractivity contribution in [2.24, 2.45) is 5.92 Å². The van der Waals surface area contributed by atoms with E-state index in [9.17, 15) is 0 Å². The molecule has 1 atom stereocenters. The fourth-order valence-corrected chi connectivity index (χ4v) is 1.60. The van der Waals surface area contributed by atoms with Gasteiger partial charge in [-0.2, -0.15) is 0 Å². The summed E-state index contributed by atoms with van der Waals surface area (Å²) in [6.07, 6.45) is 0. The first-order valence-corrected chi connectivity index (χ1v) is 6.14. The number of para-hydroxylation sites is 1. The van der Waals surface area contributed by atoms with Gasteiger partial charge in [0.2, 0.25) is 0 Å². The van der Waals surface area contributed by atoms with E-state index < -0.39 is 0 Å². The molecule has 1 rings (SSSR count). The summed E-state index contributed by atoms with van der Waals surface area (Å²) >= 11 is 0. The summed E-state index contributed by atoms with van der Waals surface area (Å²) in [6, 6.07) is 10.3. The molecule has 0 aliphatic rings. The maximum Gasteiger partial charge on any atom is 0.119 e. The lowest BCUT2D eigenvalue weighted by molar-refractivity contribution is 0.144. The smallest absolute Gasteiger partial charge is 0.119 e. The molecule has 0 aliphatic carbocycles. The predicted octanol–water partition coefficient (Wildman–Crippen LogP) is 2.33. The molecule has 0 saturated heterocycles. The van der Waals surface area contributed by atoms with E-state index in [0.29, 0.717) is 18.6 Å². The van der Waals surface area contributed by atoms with E-state index in [2.05, 4.69) is 19.2 Å². The van der Waals surface area contributed by atoms with E-state index in [0.717, 1.165) is 18.9 Å². The summed E-state index contributed by atoms with van der Waals surface area (Å²) in [4.78, 5) is 0. The van der Waals surface area contributed by atoms with Gasteiger partial charge in [0.25, 0.3) is 0 Å². The minimum Gasteiger partial charge on any atom is -0.492 e. The lowest BCUT2D eigenvalue weighted by Gasteiger charge is -2.21. The largest absolute Gasteiger partial charge is 0.492 e. The molecule has 1 unspecified atom stereocenters. The highest BCUT2D eigenvalue weighted by atomic mass is 16.5. The van der Waals surface area contributed by atoms with E-state index in [1.807, 2.05) is 30.3 Å². The van der Waals surface area contributed by atoms with Crippen LogP contribution < -0.4 is 10.1 Å². The highest BCUT2D eigenvalue weighted by molar-refractivity contribution is 5.20. The Kier molecular flexibility index (Phi) is 6.67. The van der Waals surface area contributed by atoms with Crippen LogP contribution >= 0.6 is 0 Å². The molecule has 0 bridgehead atoms. The Hall–Kier alpha value is -1.06. The fourth-order valence-electron chi connectivity index (χ4n) is 1.60. The predicted molar refractivity (Wildman–Crippen MR) is 70.4 cm³/mol. The highest BCUT2D eigenvalue weighted by Crippen LogP contribution is 2.07. The van der Waals surface area contributed by atoms with Crippen molar-refractivity contribution in [2.75, 3.05) is 26.9 Å². The van der Waals surface area contributed by atoms with Gasteiger partial charge in [-0.05, 0) is 18.1 Å². The maximum atomic E-state index is 5.61. The van der Waals surface area contributed by atoms with Crippen molar-refractivity contribution in [1.29, 1.82) is 0 Å². The van der Waals surface area contributed by atoms with Crippen LogP contribution in [-0.4, -0.2) is 32.9 Å². The van der Waals surface area contributed by atoms with Crippen LogP contribution in [0, 0.1) is 5.92 Å². The van der Waals surface area contributed by atoms with Gasteiger partial charge in [0.05, 0.1) is 6.61 Å².